The molecule has 1 saturated heterocycles. The summed E-state index contributed by atoms with van der Waals surface area (Å²) in [5.74, 6) is 0.825. The molecule has 0 radical (unpaired) electrons. The lowest BCUT2D eigenvalue weighted by Crippen LogP contribution is -2.43. The van der Waals surface area contributed by atoms with Crippen LogP contribution in [-0.4, -0.2) is 45.9 Å². The van der Waals surface area contributed by atoms with Crippen LogP contribution in [0.4, 0.5) is 0 Å². The molecule has 0 atom stereocenters. The van der Waals surface area contributed by atoms with Gasteiger partial charge in [0.1, 0.15) is 16.4 Å². The number of nitrogens with one attached hydrogen (secondary N) is 1. The lowest BCUT2D eigenvalue weighted by Gasteiger charge is -2.30. The first-order valence-corrected chi connectivity index (χ1v) is 11.9. The van der Waals surface area contributed by atoms with Gasteiger partial charge in [-0.2, -0.15) is 4.31 Å². The van der Waals surface area contributed by atoms with Crippen molar-refractivity contribution in [2.45, 2.75) is 24.3 Å². The quantitative estimate of drug-likeness (QED) is 0.644. The lowest BCUT2D eigenvalue weighted by molar-refractivity contribution is -0.126. The van der Waals surface area contributed by atoms with E-state index in [1.165, 1.54) is 22.5 Å². The molecular formula is C21H24Cl2N2O5S. The number of sulfonamides is 1. The summed E-state index contributed by atoms with van der Waals surface area (Å²) in [6, 6.07) is 9.76. The van der Waals surface area contributed by atoms with Crippen molar-refractivity contribution in [3.8, 4) is 11.5 Å². The first-order chi connectivity index (χ1) is 14.8. The molecule has 1 heterocycles. The van der Waals surface area contributed by atoms with Gasteiger partial charge in [-0.15, -0.1) is 0 Å². The summed E-state index contributed by atoms with van der Waals surface area (Å²) in [4.78, 5) is 12.7. The molecule has 0 aromatic heterocycles. The minimum atomic E-state index is -3.79. The fraction of sp³-hybridized carbons (Fsp3) is 0.381. The Morgan fingerprint density at radius 1 is 1.10 bits per heavy atom. The van der Waals surface area contributed by atoms with Crippen molar-refractivity contribution in [1.82, 2.24) is 9.62 Å². The molecular weight excluding hydrogens is 463 g/mol. The molecule has 10 heteroatoms. The van der Waals surface area contributed by atoms with E-state index >= 15 is 0 Å². The van der Waals surface area contributed by atoms with Crippen LogP contribution in [0.5, 0.6) is 11.5 Å². The number of methoxy groups -OCH3 is 2. The monoisotopic (exact) mass is 486 g/mol. The molecule has 0 spiro atoms. The predicted octanol–water partition coefficient (Wildman–Crippen LogP) is 3.73. The Kier molecular flexibility index (Phi) is 7.69. The van der Waals surface area contributed by atoms with E-state index in [1.807, 2.05) is 6.07 Å². The number of amides is 1. The van der Waals surface area contributed by atoms with Gasteiger partial charge >= 0.3 is 0 Å². The summed E-state index contributed by atoms with van der Waals surface area (Å²) < 4.78 is 37.9. The zero-order valence-electron chi connectivity index (χ0n) is 17.2. The Morgan fingerprint density at radius 3 is 2.29 bits per heavy atom. The Balaban J connectivity index is 1.62. The highest BCUT2D eigenvalue weighted by atomic mass is 35.5. The number of benzene rings is 2. The van der Waals surface area contributed by atoms with Crippen molar-refractivity contribution in [2.75, 3.05) is 27.3 Å². The molecule has 3 rings (SSSR count). The van der Waals surface area contributed by atoms with Gasteiger partial charge in [0.25, 0.3) is 0 Å². The topological polar surface area (TPSA) is 84.9 Å². The number of carbonyl (C=O) groups is 1. The van der Waals surface area contributed by atoms with E-state index < -0.39 is 10.0 Å². The van der Waals surface area contributed by atoms with E-state index in [-0.39, 0.29) is 41.4 Å². The number of piperidine rings is 1. The Morgan fingerprint density at radius 2 is 1.71 bits per heavy atom. The molecule has 0 aliphatic carbocycles. The molecule has 1 aliphatic rings. The summed E-state index contributed by atoms with van der Waals surface area (Å²) in [5.41, 5.74) is 0.747. The number of hydrogen-bond acceptors (Lipinski definition) is 5. The van der Waals surface area contributed by atoms with Gasteiger partial charge in [0.15, 0.2) is 0 Å². The number of carbonyl (C=O) groups excluding carboxylic acids is 1. The highest BCUT2D eigenvalue weighted by molar-refractivity contribution is 7.89. The van der Waals surface area contributed by atoms with Crippen molar-refractivity contribution in [3.05, 3.63) is 52.0 Å². The maximum absolute atomic E-state index is 12.9. The van der Waals surface area contributed by atoms with Crippen molar-refractivity contribution in [2.24, 2.45) is 5.92 Å². The molecule has 1 aliphatic heterocycles. The van der Waals surface area contributed by atoms with Crippen molar-refractivity contribution >= 4 is 39.1 Å². The summed E-state index contributed by atoms with van der Waals surface area (Å²) >= 11 is 12.0. The van der Waals surface area contributed by atoms with Crippen LogP contribution in [0.3, 0.4) is 0 Å². The molecule has 1 N–H and O–H groups in total. The first kappa shape index (κ1) is 23.7. The van der Waals surface area contributed by atoms with Crippen LogP contribution in [-0.2, 0) is 21.4 Å². The van der Waals surface area contributed by atoms with Gasteiger partial charge in [-0.05, 0) is 43.2 Å². The van der Waals surface area contributed by atoms with Crippen LogP contribution in [0.2, 0.25) is 10.0 Å². The smallest absolute Gasteiger partial charge is 0.244 e. The first-order valence-electron chi connectivity index (χ1n) is 9.70. The van der Waals surface area contributed by atoms with Crippen LogP contribution < -0.4 is 14.8 Å². The second kappa shape index (κ2) is 10.1. The third-order valence-electron chi connectivity index (χ3n) is 5.31. The van der Waals surface area contributed by atoms with Gasteiger partial charge in [0, 0.05) is 24.0 Å². The van der Waals surface area contributed by atoms with E-state index in [0.29, 0.717) is 29.4 Å². The van der Waals surface area contributed by atoms with Crippen LogP contribution in [0.15, 0.2) is 41.3 Å². The van der Waals surface area contributed by atoms with E-state index in [2.05, 4.69) is 5.32 Å². The largest absolute Gasteiger partial charge is 0.496 e. The normalized spacial score (nSPS) is 15.5. The van der Waals surface area contributed by atoms with Crippen molar-refractivity contribution in [1.29, 1.82) is 0 Å². The Labute approximate surface area is 192 Å². The summed E-state index contributed by atoms with van der Waals surface area (Å²) in [7, 11) is -0.670. The molecule has 0 unspecified atom stereocenters. The van der Waals surface area contributed by atoms with E-state index in [0.717, 1.165) is 5.56 Å². The van der Waals surface area contributed by atoms with Crippen LogP contribution in [0.25, 0.3) is 0 Å². The summed E-state index contributed by atoms with van der Waals surface area (Å²) in [5, 5.41) is 3.33. The average Bonchev–Trinajstić information content (AvgIpc) is 2.78. The van der Waals surface area contributed by atoms with Gasteiger partial charge in [-0.25, -0.2) is 8.42 Å². The number of ether oxygens (including phenoxy) is 2. The van der Waals surface area contributed by atoms with Gasteiger partial charge < -0.3 is 14.8 Å². The van der Waals surface area contributed by atoms with Crippen molar-refractivity contribution in [3.63, 3.8) is 0 Å². The number of rotatable bonds is 7. The highest BCUT2D eigenvalue weighted by Crippen LogP contribution is 2.31. The number of halogens is 2. The Bertz CT molecular complexity index is 1030. The van der Waals surface area contributed by atoms with Crippen LogP contribution in [0, 0.1) is 5.92 Å². The zero-order chi connectivity index (χ0) is 22.6. The molecule has 31 heavy (non-hydrogen) atoms. The molecule has 168 valence electrons. The zero-order valence-corrected chi connectivity index (χ0v) is 19.6. The number of hydrogen-bond donors (Lipinski definition) is 1. The van der Waals surface area contributed by atoms with E-state index in [4.69, 9.17) is 32.7 Å². The van der Waals surface area contributed by atoms with Gasteiger partial charge in [-0.3, -0.25) is 4.79 Å². The summed E-state index contributed by atoms with van der Waals surface area (Å²) in [6.45, 7) is 0.700. The maximum Gasteiger partial charge on any atom is 0.244 e. The third kappa shape index (κ3) is 5.26. The SMILES string of the molecule is COc1cccc(OC)c1CNC(=O)C1CCN(S(=O)(=O)c2cc(Cl)ccc2Cl)CC1. The molecule has 1 fully saturated rings. The minimum absolute atomic E-state index is 0.0205. The van der Waals surface area contributed by atoms with Crippen LogP contribution in [0.1, 0.15) is 18.4 Å². The Hall–Kier alpha value is -2.00. The molecule has 2 aromatic carbocycles. The fourth-order valence-corrected chi connectivity index (χ4v) is 5.80. The highest BCUT2D eigenvalue weighted by Gasteiger charge is 2.33. The second-order valence-electron chi connectivity index (χ2n) is 7.11. The number of nitrogens with zero attached hydrogens (tertiary/aromatic N) is 1. The second-order valence-corrected chi connectivity index (χ2v) is 9.86. The molecule has 0 saturated carbocycles. The summed E-state index contributed by atoms with van der Waals surface area (Å²) in [6.07, 6.45) is 0.818. The molecule has 1 amide bonds. The molecule has 0 bridgehead atoms. The minimum Gasteiger partial charge on any atom is -0.496 e. The predicted molar refractivity (Wildman–Crippen MR) is 119 cm³/mol. The van der Waals surface area contributed by atoms with Gasteiger partial charge in [-0.1, -0.05) is 29.3 Å². The standard InChI is InChI=1S/C21H24Cl2N2O5S/c1-29-18-4-3-5-19(30-2)16(18)13-24-21(26)14-8-10-25(11-9-14)31(27,28)20-12-15(22)6-7-17(20)23/h3-7,12,14H,8-11,13H2,1-2H3,(H,24,26). The maximum atomic E-state index is 12.9. The van der Waals surface area contributed by atoms with Crippen LogP contribution >= 0.6 is 23.2 Å². The van der Waals surface area contributed by atoms with Gasteiger partial charge in [0.05, 0.1) is 31.4 Å². The van der Waals surface area contributed by atoms with Gasteiger partial charge in [0.2, 0.25) is 15.9 Å². The lowest BCUT2D eigenvalue weighted by atomic mass is 9.97. The third-order valence-corrected chi connectivity index (χ3v) is 7.92. The average molecular weight is 487 g/mol. The van der Waals surface area contributed by atoms with Crippen molar-refractivity contribution < 1.29 is 22.7 Å². The molecule has 2 aromatic rings. The fourth-order valence-electron chi connectivity index (χ4n) is 3.59. The van der Waals surface area contributed by atoms with E-state index in [9.17, 15) is 13.2 Å². The molecule has 7 nitrogen and oxygen atoms in total. The van der Waals surface area contributed by atoms with E-state index in [1.54, 1.807) is 26.4 Å².